The van der Waals surface area contributed by atoms with E-state index in [0.717, 1.165) is 9.87 Å². The SMILES string of the molecule is CCOC(=O)C1(C(=O)OCC)N[C@H]2c3ccccc3N(S(=O)(=O)c3ccc(C)cc3)C(=O)[C@H]2[C@@H]1c1ccccc1. The van der Waals surface area contributed by atoms with E-state index in [1.807, 2.05) is 6.92 Å². The second kappa shape index (κ2) is 10.5. The number of carbonyl (C=O) groups excluding carboxylic acids is 3. The fourth-order valence-electron chi connectivity index (χ4n) is 5.76. The van der Waals surface area contributed by atoms with Crippen molar-refractivity contribution in [3.8, 4) is 0 Å². The molecule has 0 aromatic heterocycles. The maximum absolute atomic E-state index is 14.5. The van der Waals surface area contributed by atoms with Crippen LogP contribution in [0.15, 0.2) is 83.8 Å². The number of aryl methyl sites for hydroxylation is 1. The van der Waals surface area contributed by atoms with Gasteiger partial charge in [-0.3, -0.25) is 10.1 Å². The molecule has 0 bridgehead atoms. The van der Waals surface area contributed by atoms with Gasteiger partial charge < -0.3 is 9.47 Å². The number of hydrogen-bond donors (Lipinski definition) is 1. The number of ether oxygens (including phenoxy) is 2. The molecule has 10 heteroatoms. The van der Waals surface area contributed by atoms with Crippen LogP contribution in [0.4, 0.5) is 5.69 Å². The lowest BCUT2D eigenvalue weighted by Gasteiger charge is -2.37. The van der Waals surface area contributed by atoms with Crippen LogP contribution in [0.5, 0.6) is 0 Å². The summed E-state index contributed by atoms with van der Waals surface area (Å²) < 4.78 is 39.7. The van der Waals surface area contributed by atoms with Gasteiger partial charge in [-0.05, 0) is 50.1 Å². The predicted octanol–water partition coefficient (Wildman–Crippen LogP) is 3.64. The first-order chi connectivity index (χ1) is 19.2. The Morgan fingerprint density at radius 1 is 0.875 bits per heavy atom. The highest BCUT2D eigenvalue weighted by Crippen LogP contribution is 2.55. The number of anilines is 1. The number of hydrogen-bond acceptors (Lipinski definition) is 8. The monoisotopic (exact) mass is 562 g/mol. The quantitative estimate of drug-likeness (QED) is 0.343. The fraction of sp³-hybridized carbons (Fsp3) is 0.300. The predicted molar refractivity (Wildman–Crippen MR) is 147 cm³/mol. The molecule has 0 aliphatic carbocycles. The van der Waals surface area contributed by atoms with Crippen molar-refractivity contribution in [1.29, 1.82) is 0 Å². The van der Waals surface area contributed by atoms with Crippen molar-refractivity contribution in [1.82, 2.24) is 5.32 Å². The summed E-state index contributed by atoms with van der Waals surface area (Å²) in [5.41, 5.74) is -0.141. The first-order valence-corrected chi connectivity index (χ1v) is 14.5. The molecule has 2 heterocycles. The van der Waals surface area contributed by atoms with Crippen LogP contribution in [0.1, 0.15) is 42.5 Å². The number of sulfonamides is 1. The van der Waals surface area contributed by atoms with Crippen molar-refractivity contribution in [2.24, 2.45) is 5.92 Å². The molecule has 40 heavy (non-hydrogen) atoms. The number of fused-ring (bicyclic) bond motifs is 3. The molecule has 0 spiro atoms. The average Bonchev–Trinajstić information content (AvgIpc) is 3.32. The molecule has 3 aromatic carbocycles. The van der Waals surface area contributed by atoms with E-state index in [-0.39, 0.29) is 23.8 Å². The highest BCUT2D eigenvalue weighted by Gasteiger charge is 2.69. The van der Waals surface area contributed by atoms with Crippen LogP contribution >= 0.6 is 0 Å². The molecule has 208 valence electrons. The molecule has 9 nitrogen and oxygen atoms in total. The number of carbonyl (C=O) groups is 3. The van der Waals surface area contributed by atoms with E-state index < -0.39 is 51.3 Å². The summed E-state index contributed by atoms with van der Waals surface area (Å²) in [6.45, 7) is 5.04. The van der Waals surface area contributed by atoms with Crippen molar-refractivity contribution in [2.75, 3.05) is 17.5 Å². The molecule has 5 rings (SSSR count). The van der Waals surface area contributed by atoms with Crippen molar-refractivity contribution in [3.63, 3.8) is 0 Å². The van der Waals surface area contributed by atoms with E-state index in [1.165, 1.54) is 12.1 Å². The summed E-state index contributed by atoms with van der Waals surface area (Å²) in [5, 5.41) is 3.14. The van der Waals surface area contributed by atoms with Gasteiger partial charge >= 0.3 is 11.9 Å². The summed E-state index contributed by atoms with van der Waals surface area (Å²) in [6.07, 6.45) is 0. The summed E-state index contributed by atoms with van der Waals surface area (Å²) in [5.74, 6) is -4.84. The smallest absolute Gasteiger partial charge is 0.338 e. The standard InChI is InChI=1S/C30H30N2O7S/c1-4-38-28(34)30(29(35)39-5-2)25(20-11-7-6-8-12-20)24-26(31-30)22-13-9-10-14-23(22)32(27(24)33)40(36,37)21-17-15-19(3)16-18-21/h6-18,24-26,31H,4-5H2,1-3H3/t24-,25-,26-/m0/s1. The first kappa shape index (κ1) is 27.5. The van der Waals surface area contributed by atoms with Gasteiger partial charge in [0.05, 0.1) is 29.7 Å². The molecular formula is C30H30N2O7S. The van der Waals surface area contributed by atoms with Crippen molar-refractivity contribution >= 4 is 33.6 Å². The Kier molecular flexibility index (Phi) is 7.24. The van der Waals surface area contributed by atoms with Crippen molar-refractivity contribution in [2.45, 2.75) is 43.2 Å². The Hall–Kier alpha value is -4.02. The number of amides is 1. The maximum Gasteiger partial charge on any atom is 0.338 e. The number of benzene rings is 3. The third kappa shape index (κ3) is 4.18. The van der Waals surface area contributed by atoms with Crippen LogP contribution in [0.2, 0.25) is 0 Å². The van der Waals surface area contributed by atoms with E-state index >= 15 is 0 Å². The Balaban J connectivity index is 1.77. The number of rotatable bonds is 7. The number of nitrogens with zero attached hydrogens (tertiary/aromatic N) is 1. The zero-order chi connectivity index (χ0) is 28.7. The van der Waals surface area contributed by atoms with E-state index in [4.69, 9.17) is 9.47 Å². The molecule has 1 fully saturated rings. The third-order valence-corrected chi connectivity index (χ3v) is 9.18. The number of esters is 2. The molecule has 3 aromatic rings. The lowest BCUT2D eigenvalue weighted by molar-refractivity contribution is -0.166. The van der Waals surface area contributed by atoms with Gasteiger partial charge in [-0.1, -0.05) is 66.2 Å². The zero-order valence-corrected chi connectivity index (χ0v) is 23.2. The lowest BCUT2D eigenvalue weighted by atomic mass is 9.72. The normalized spacial score (nSPS) is 21.3. The minimum Gasteiger partial charge on any atom is -0.464 e. The van der Waals surface area contributed by atoms with Gasteiger partial charge in [0.1, 0.15) is 0 Å². The lowest BCUT2D eigenvalue weighted by Crippen LogP contribution is -2.59. The van der Waals surface area contributed by atoms with Gasteiger partial charge in [0.25, 0.3) is 10.0 Å². The topological polar surface area (TPSA) is 119 Å². The Bertz CT molecular complexity index is 1540. The average molecular weight is 563 g/mol. The molecular weight excluding hydrogens is 532 g/mol. The Morgan fingerprint density at radius 3 is 2.05 bits per heavy atom. The van der Waals surface area contributed by atoms with E-state index in [9.17, 15) is 22.8 Å². The Morgan fingerprint density at radius 2 is 1.45 bits per heavy atom. The summed E-state index contributed by atoms with van der Waals surface area (Å²) in [4.78, 5) is 41.9. The molecule has 2 aliphatic heterocycles. The molecule has 0 radical (unpaired) electrons. The molecule has 1 N–H and O–H groups in total. The van der Waals surface area contributed by atoms with Gasteiger partial charge in [-0.25, -0.2) is 22.3 Å². The largest absolute Gasteiger partial charge is 0.464 e. The second-order valence-corrected chi connectivity index (χ2v) is 11.6. The van der Waals surface area contributed by atoms with Crippen LogP contribution in [0.3, 0.4) is 0 Å². The number of para-hydroxylation sites is 1. The van der Waals surface area contributed by atoms with Gasteiger partial charge in [0.15, 0.2) is 0 Å². The van der Waals surface area contributed by atoms with Crippen LogP contribution in [-0.2, 0) is 33.9 Å². The van der Waals surface area contributed by atoms with Crippen LogP contribution in [0.25, 0.3) is 0 Å². The second-order valence-electron chi connectivity index (χ2n) is 9.76. The van der Waals surface area contributed by atoms with Crippen molar-refractivity contribution in [3.05, 3.63) is 95.6 Å². The highest BCUT2D eigenvalue weighted by atomic mass is 32.2. The molecule has 0 unspecified atom stereocenters. The van der Waals surface area contributed by atoms with Gasteiger partial charge in [-0.15, -0.1) is 0 Å². The van der Waals surface area contributed by atoms with E-state index in [2.05, 4.69) is 5.32 Å². The minimum atomic E-state index is -4.36. The van der Waals surface area contributed by atoms with E-state index in [1.54, 1.807) is 80.6 Å². The first-order valence-electron chi connectivity index (χ1n) is 13.1. The minimum absolute atomic E-state index is 0.0169. The molecule has 1 amide bonds. The summed E-state index contributed by atoms with van der Waals surface area (Å²) in [6, 6.07) is 20.6. The van der Waals surface area contributed by atoms with E-state index in [0.29, 0.717) is 11.1 Å². The van der Waals surface area contributed by atoms with Crippen LogP contribution < -0.4 is 9.62 Å². The fourth-order valence-corrected chi connectivity index (χ4v) is 7.23. The maximum atomic E-state index is 14.5. The van der Waals surface area contributed by atoms with Gasteiger partial charge in [0, 0.05) is 12.0 Å². The molecule has 0 saturated carbocycles. The van der Waals surface area contributed by atoms with Gasteiger partial charge in [0.2, 0.25) is 11.4 Å². The van der Waals surface area contributed by atoms with Crippen LogP contribution in [0, 0.1) is 12.8 Å². The van der Waals surface area contributed by atoms with Gasteiger partial charge in [-0.2, -0.15) is 0 Å². The molecule has 3 atom stereocenters. The molecule has 1 saturated heterocycles. The Labute approximate surface area is 233 Å². The van der Waals surface area contributed by atoms with Crippen molar-refractivity contribution < 1.29 is 32.3 Å². The molecule has 2 aliphatic rings. The third-order valence-electron chi connectivity index (χ3n) is 7.46. The zero-order valence-electron chi connectivity index (χ0n) is 22.4. The number of nitrogens with one attached hydrogen (secondary N) is 1. The van der Waals surface area contributed by atoms with Crippen LogP contribution in [-0.4, -0.2) is 45.0 Å². The highest BCUT2D eigenvalue weighted by molar-refractivity contribution is 7.93. The summed E-state index contributed by atoms with van der Waals surface area (Å²) >= 11 is 0. The summed E-state index contributed by atoms with van der Waals surface area (Å²) in [7, 11) is -4.36.